The summed E-state index contributed by atoms with van der Waals surface area (Å²) in [6.07, 6.45) is 8.85. The lowest BCUT2D eigenvalue weighted by molar-refractivity contribution is 0.273. The van der Waals surface area contributed by atoms with Crippen LogP contribution in [-0.4, -0.2) is 46.4 Å². The van der Waals surface area contributed by atoms with E-state index in [-0.39, 0.29) is 6.17 Å². The molecule has 0 radical (unpaired) electrons. The maximum atomic E-state index is 13.9. The number of aromatic nitrogens is 2. The fraction of sp³-hybridized carbons (Fsp3) is 0.684. The zero-order valence-corrected chi connectivity index (χ0v) is 18.5. The summed E-state index contributed by atoms with van der Waals surface area (Å²) < 4.78 is 4.94. The Morgan fingerprint density at radius 2 is 2.11 bits per heavy atom. The molecule has 2 fully saturated rings. The van der Waals surface area contributed by atoms with Crippen LogP contribution in [0.5, 0.6) is 0 Å². The molecule has 7 nitrogen and oxygen atoms in total. The summed E-state index contributed by atoms with van der Waals surface area (Å²) in [5.41, 5.74) is 0. The van der Waals surface area contributed by atoms with Gasteiger partial charge in [-0.1, -0.05) is 46.7 Å². The molecule has 4 rings (SSSR count). The topological polar surface area (TPSA) is 77.2 Å². The van der Waals surface area contributed by atoms with Crippen LogP contribution in [0.1, 0.15) is 55.2 Å². The van der Waals surface area contributed by atoms with Crippen molar-refractivity contribution in [1.82, 2.24) is 25.1 Å². The highest BCUT2D eigenvalue weighted by atomic mass is 79.9. The van der Waals surface area contributed by atoms with Crippen molar-refractivity contribution in [2.24, 2.45) is 0 Å². The predicted molar refractivity (Wildman–Crippen MR) is 115 cm³/mol. The number of quaternary nitrogens is 1. The maximum absolute atomic E-state index is 13.9. The quantitative estimate of drug-likeness (QED) is 0.284. The van der Waals surface area contributed by atoms with Crippen molar-refractivity contribution in [3.63, 3.8) is 0 Å². The molecule has 9 heteroatoms. The van der Waals surface area contributed by atoms with Gasteiger partial charge in [-0.2, -0.15) is 0 Å². The molecular formula is C19H28BrN5O2S. The van der Waals surface area contributed by atoms with Gasteiger partial charge >= 0.3 is 5.13 Å². The second kappa shape index (κ2) is 9.32. The normalized spacial score (nSPS) is 27.3. The van der Waals surface area contributed by atoms with E-state index < -0.39 is 4.65 Å². The van der Waals surface area contributed by atoms with Crippen LogP contribution in [0.2, 0.25) is 0 Å². The number of alkyl halides is 1. The minimum absolute atomic E-state index is 0.279. The Morgan fingerprint density at radius 3 is 2.82 bits per heavy atom. The van der Waals surface area contributed by atoms with Crippen molar-refractivity contribution in [3.05, 3.63) is 34.4 Å². The second-order valence-electron chi connectivity index (χ2n) is 7.79. The standard InChI is InChI=1S/C19H28BrN5O2S/c20-9-10-24-13-17(21-12-16-8-5-11-27-16)25(26,14-24)19-23-22-18(28-19)15-6-3-1-2-4-7-15/h5,8,11,15,17,21H,1-4,6-7,9-10,12-14H2. The zero-order chi connectivity index (χ0) is 19.4. The molecule has 2 atom stereocenters. The lowest BCUT2D eigenvalue weighted by atomic mass is 10.0. The average Bonchev–Trinajstić information content (AvgIpc) is 3.39. The van der Waals surface area contributed by atoms with E-state index in [2.05, 4.69) is 36.3 Å². The molecule has 0 bridgehead atoms. The third-order valence-electron chi connectivity index (χ3n) is 5.80. The summed E-state index contributed by atoms with van der Waals surface area (Å²) in [5.74, 6) is 1.30. The van der Waals surface area contributed by atoms with E-state index in [1.165, 1.54) is 49.9 Å². The van der Waals surface area contributed by atoms with Gasteiger partial charge < -0.3 is 9.62 Å². The highest BCUT2D eigenvalue weighted by Crippen LogP contribution is 2.39. The van der Waals surface area contributed by atoms with Crippen molar-refractivity contribution in [2.45, 2.75) is 57.2 Å². The molecule has 0 amide bonds. The molecule has 2 unspecified atom stereocenters. The average molecular weight is 470 g/mol. The van der Waals surface area contributed by atoms with Crippen molar-refractivity contribution in [3.8, 4) is 0 Å². The lowest BCUT2D eigenvalue weighted by Gasteiger charge is -2.39. The first-order valence-corrected chi connectivity index (χ1v) is 12.1. The minimum Gasteiger partial charge on any atom is -0.623 e. The van der Waals surface area contributed by atoms with Crippen LogP contribution in [0, 0.1) is 5.21 Å². The van der Waals surface area contributed by atoms with Crippen LogP contribution in [0.3, 0.4) is 0 Å². The van der Waals surface area contributed by atoms with Crippen LogP contribution in [0.15, 0.2) is 22.8 Å². The highest BCUT2D eigenvalue weighted by molar-refractivity contribution is 9.09. The van der Waals surface area contributed by atoms with Gasteiger partial charge in [0.1, 0.15) is 17.4 Å². The van der Waals surface area contributed by atoms with Crippen LogP contribution in [0.25, 0.3) is 0 Å². The molecule has 1 saturated heterocycles. The van der Waals surface area contributed by atoms with Crippen molar-refractivity contribution in [2.75, 3.05) is 25.1 Å². The van der Waals surface area contributed by atoms with Gasteiger partial charge in [0.05, 0.1) is 19.4 Å². The molecule has 1 aliphatic heterocycles. The molecule has 0 spiro atoms. The summed E-state index contributed by atoms with van der Waals surface area (Å²) in [6.45, 7) is 2.47. The van der Waals surface area contributed by atoms with E-state index in [1.54, 1.807) is 6.26 Å². The summed E-state index contributed by atoms with van der Waals surface area (Å²) >= 11 is 5.02. The van der Waals surface area contributed by atoms with Gasteiger partial charge in [-0.15, -0.1) is 5.10 Å². The van der Waals surface area contributed by atoms with E-state index in [0.29, 0.717) is 30.8 Å². The molecule has 3 heterocycles. The summed E-state index contributed by atoms with van der Waals surface area (Å²) in [7, 11) is 0. The van der Waals surface area contributed by atoms with Gasteiger partial charge in [-0.3, -0.25) is 9.96 Å². The number of nitrogens with one attached hydrogen (secondary N) is 1. The number of hydrogen-bond donors (Lipinski definition) is 1. The van der Waals surface area contributed by atoms with Crippen LogP contribution < -0.4 is 9.96 Å². The number of hydroxylamine groups is 2. The van der Waals surface area contributed by atoms with Gasteiger partial charge in [0.25, 0.3) is 0 Å². The van der Waals surface area contributed by atoms with Crippen LogP contribution in [0.4, 0.5) is 5.13 Å². The van der Waals surface area contributed by atoms with E-state index in [4.69, 9.17) is 4.42 Å². The van der Waals surface area contributed by atoms with Gasteiger partial charge in [0, 0.05) is 17.8 Å². The van der Waals surface area contributed by atoms with Crippen molar-refractivity contribution < 1.29 is 4.42 Å². The molecular weight excluding hydrogens is 442 g/mol. The van der Waals surface area contributed by atoms with Gasteiger partial charge in [0.2, 0.25) is 0 Å². The number of hydrogen-bond acceptors (Lipinski definition) is 7. The fourth-order valence-electron chi connectivity index (χ4n) is 4.22. The number of furan rings is 1. The molecule has 2 aromatic heterocycles. The third-order valence-corrected chi connectivity index (χ3v) is 7.35. The van der Waals surface area contributed by atoms with Gasteiger partial charge in [0.15, 0.2) is 6.17 Å². The van der Waals surface area contributed by atoms with E-state index in [1.807, 2.05) is 12.1 Å². The Kier molecular flexibility index (Phi) is 6.80. The first kappa shape index (κ1) is 20.4. The fourth-order valence-corrected chi connectivity index (χ4v) is 5.81. The molecule has 1 saturated carbocycles. The van der Waals surface area contributed by atoms with E-state index >= 15 is 0 Å². The smallest absolute Gasteiger partial charge is 0.309 e. The number of rotatable bonds is 7. The molecule has 1 aliphatic carbocycles. The largest absolute Gasteiger partial charge is 0.623 e. The van der Waals surface area contributed by atoms with E-state index in [9.17, 15) is 5.21 Å². The van der Waals surface area contributed by atoms with Gasteiger partial charge in [-0.25, -0.2) is 4.90 Å². The Labute approximate surface area is 178 Å². The number of halogens is 1. The molecule has 1 N–H and O–H groups in total. The Morgan fingerprint density at radius 1 is 1.29 bits per heavy atom. The predicted octanol–water partition coefficient (Wildman–Crippen LogP) is 4.16. The maximum Gasteiger partial charge on any atom is 0.309 e. The second-order valence-corrected chi connectivity index (χ2v) is 9.57. The molecule has 154 valence electrons. The Balaban J connectivity index is 1.51. The first-order valence-electron chi connectivity index (χ1n) is 10.2. The Bertz CT molecular complexity index is 735. The van der Waals surface area contributed by atoms with Gasteiger partial charge in [-0.05, 0) is 36.3 Å². The monoisotopic (exact) mass is 469 g/mol. The molecule has 0 aromatic carbocycles. The lowest BCUT2D eigenvalue weighted by Crippen LogP contribution is -2.55. The first-order chi connectivity index (χ1) is 13.7. The zero-order valence-electron chi connectivity index (χ0n) is 16.1. The van der Waals surface area contributed by atoms with Crippen LogP contribution >= 0.6 is 27.3 Å². The molecule has 2 aromatic rings. The minimum atomic E-state index is -0.474. The molecule has 28 heavy (non-hydrogen) atoms. The summed E-state index contributed by atoms with van der Waals surface area (Å²) in [4.78, 5) is 2.19. The highest BCUT2D eigenvalue weighted by Gasteiger charge is 2.43. The third kappa shape index (κ3) is 4.49. The SMILES string of the molecule is [O-][N+]1(c2nnc(C3CCCCCC3)s2)CN(CCBr)CC1NCc1ccco1. The Hall–Kier alpha value is -0.840. The number of nitrogens with zero attached hydrogens (tertiary/aromatic N) is 4. The van der Waals surface area contributed by atoms with E-state index in [0.717, 1.165) is 22.6 Å². The van der Waals surface area contributed by atoms with Crippen molar-refractivity contribution in [1.29, 1.82) is 0 Å². The van der Waals surface area contributed by atoms with Crippen molar-refractivity contribution >= 4 is 32.4 Å². The summed E-state index contributed by atoms with van der Waals surface area (Å²) in [6, 6.07) is 3.79. The summed E-state index contributed by atoms with van der Waals surface area (Å²) in [5, 5.41) is 28.7. The van der Waals surface area contributed by atoms with Crippen LogP contribution in [-0.2, 0) is 6.54 Å². The molecule has 2 aliphatic rings.